The molecule has 2 aromatic rings. The molecule has 138 valence electrons. The van der Waals surface area contributed by atoms with Gasteiger partial charge in [0.2, 0.25) is 5.91 Å². The van der Waals surface area contributed by atoms with Crippen molar-refractivity contribution >= 4 is 17.7 Å². The minimum Gasteiger partial charge on any atom is -0.341 e. The molecule has 1 unspecified atom stereocenters. The second-order valence-corrected chi connectivity index (χ2v) is 7.98. The molecular formula is C22H28N2OS. The molecule has 1 aliphatic rings. The van der Waals surface area contributed by atoms with Crippen LogP contribution in [0.2, 0.25) is 0 Å². The fourth-order valence-electron chi connectivity index (χ4n) is 3.64. The van der Waals surface area contributed by atoms with E-state index in [9.17, 15) is 4.79 Å². The SMILES string of the molecule is CSc1ccc(CN2CCCC(C(=O)N(C)Cc3ccccc3)C2)cc1. The highest BCUT2D eigenvalue weighted by atomic mass is 32.2. The van der Waals surface area contributed by atoms with Gasteiger partial charge in [0.1, 0.15) is 0 Å². The Labute approximate surface area is 161 Å². The number of hydrogen-bond acceptors (Lipinski definition) is 3. The maximum atomic E-state index is 12.9. The molecule has 0 bridgehead atoms. The lowest BCUT2D eigenvalue weighted by Crippen LogP contribution is -2.43. The first-order valence-corrected chi connectivity index (χ1v) is 10.5. The van der Waals surface area contributed by atoms with E-state index >= 15 is 0 Å². The van der Waals surface area contributed by atoms with E-state index in [1.807, 2.05) is 30.1 Å². The average Bonchev–Trinajstić information content (AvgIpc) is 2.69. The van der Waals surface area contributed by atoms with Crippen LogP contribution in [0.3, 0.4) is 0 Å². The summed E-state index contributed by atoms with van der Waals surface area (Å²) in [4.78, 5) is 18.5. The van der Waals surface area contributed by atoms with Gasteiger partial charge in [0.15, 0.2) is 0 Å². The maximum Gasteiger partial charge on any atom is 0.227 e. The Kier molecular flexibility index (Phi) is 6.75. The Morgan fingerprint density at radius 2 is 1.85 bits per heavy atom. The van der Waals surface area contributed by atoms with Gasteiger partial charge in [-0.15, -0.1) is 11.8 Å². The smallest absolute Gasteiger partial charge is 0.227 e. The van der Waals surface area contributed by atoms with Crippen molar-refractivity contribution < 1.29 is 4.79 Å². The molecule has 3 nitrogen and oxygen atoms in total. The summed E-state index contributed by atoms with van der Waals surface area (Å²) in [6.45, 7) is 3.56. The van der Waals surface area contributed by atoms with Gasteiger partial charge in [-0.2, -0.15) is 0 Å². The van der Waals surface area contributed by atoms with Crippen molar-refractivity contribution in [2.45, 2.75) is 30.8 Å². The summed E-state index contributed by atoms with van der Waals surface area (Å²) in [5.74, 6) is 0.388. The monoisotopic (exact) mass is 368 g/mol. The van der Waals surface area contributed by atoms with Gasteiger partial charge in [-0.1, -0.05) is 42.5 Å². The van der Waals surface area contributed by atoms with E-state index in [1.165, 1.54) is 16.0 Å². The third-order valence-corrected chi connectivity index (χ3v) is 5.80. The van der Waals surface area contributed by atoms with E-state index in [0.717, 1.165) is 32.5 Å². The summed E-state index contributed by atoms with van der Waals surface area (Å²) in [5, 5.41) is 0. The molecule has 4 heteroatoms. The predicted octanol–water partition coefficient (Wildman–Crippen LogP) is 4.28. The lowest BCUT2D eigenvalue weighted by molar-refractivity contribution is -0.136. The molecule has 2 aromatic carbocycles. The van der Waals surface area contributed by atoms with E-state index < -0.39 is 0 Å². The number of hydrogen-bond donors (Lipinski definition) is 0. The van der Waals surface area contributed by atoms with Crippen molar-refractivity contribution in [3.63, 3.8) is 0 Å². The largest absolute Gasteiger partial charge is 0.341 e. The predicted molar refractivity (Wildman–Crippen MR) is 109 cm³/mol. The number of benzene rings is 2. The van der Waals surface area contributed by atoms with Crippen molar-refractivity contribution in [2.24, 2.45) is 5.92 Å². The first-order valence-electron chi connectivity index (χ1n) is 9.30. The second kappa shape index (κ2) is 9.24. The van der Waals surface area contributed by atoms with Gasteiger partial charge in [-0.3, -0.25) is 9.69 Å². The molecule has 1 fully saturated rings. The van der Waals surface area contributed by atoms with E-state index in [-0.39, 0.29) is 11.8 Å². The first kappa shape index (κ1) is 19.0. The molecule has 0 spiro atoms. The lowest BCUT2D eigenvalue weighted by Gasteiger charge is -2.34. The van der Waals surface area contributed by atoms with Gasteiger partial charge in [-0.05, 0) is 48.9 Å². The Hall–Kier alpha value is -1.78. The minimum absolute atomic E-state index is 0.114. The third-order valence-electron chi connectivity index (χ3n) is 5.06. The summed E-state index contributed by atoms with van der Waals surface area (Å²) < 4.78 is 0. The molecule has 1 atom stereocenters. The number of thioether (sulfide) groups is 1. The van der Waals surface area contributed by atoms with Crippen LogP contribution in [0, 0.1) is 5.92 Å². The number of nitrogens with zero attached hydrogens (tertiary/aromatic N) is 2. The summed E-state index contributed by atoms with van der Waals surface area (Å²) >= 11 is 1.77. The molecule has 0 N–H and O–H groups in total. The fraction of sp³-hybridized carbons (Fsp3) is 0.409. The highest BCUT2D eigenvalue weighted by molar-refractivity contribution is 7.98. The first-order chi connectivity index (χ1) is 12.7. The van der Waals surface area contributed by atoms with Crippen LogP contribution < -0.4 is 0 Å². The number of piperidine rings is 1. The van der Waals surface area contributed by atoms with Gasteiger partial charge < -0.3 is 4.90 Å². The van der Waals surface area contributed by atoms with Gasteiger partial charge in [0.25, 0.3) is 0 Å². The van der Waals surface area contributed by atoms with E-state index in [4.69, 9.17) is 0 Å². The summed E-state index contributed by atoms with van der Waals surface area (Å²) in [6.07, 6.45) is 4.19. The molecule has 0 aliphatic carbocycles. The summed E-state index contributed by atoms with van der Waals surface area (Å²) in [5.41, 5.74) is 2.51. The average molecular weight is 369 g/mol. The molecule has 0 radical (unpaired) electrons. The number of carbonyl (C=O) groups excluding carboxylic acids is 1. The second-order valence-electron chi connectivity index (χ2n) is 7.10. The van der Waals surface area contributed by atoms with E-state index in [1.54, 1.807) is 11.8 Å². The standard InChI is InChI=1S/C22H28N2OS/c1-23(15-18-7-4-3-5-8-18)22(25)20-9-6-14-24(17-20)16-19-10-12-21(26-2)13-11-19/h3-5,7-8,10-13,20H,6,9,14-17H2,1-2H3. The van der Waals surface area contributed by atoms with Crippen LogP contribution in [0.1, 0.15) is 24.0 Å². The lowest BCUT2D eigenvalue weighted by atomic mass is 9.96. The van der Waals surface area contributed by atoms with Crippen molar-refractivity contribution in [1.82, 2.24) is 9.80 Å². The summed E-state index contributed by atoms with van der Waals surface area (Å²) in [6, 6.07) is 19.0. The zero-order chi connectivity index (χ0) is 18.4. The molecule has 3 rings (SSSR count). The maximum absolute atomic E-state index is 12.9. The Balaban J connectivity index is 1.55. The van der Waals surface area contributed by atoms with Crippen LogP contribution in [0.25, 0.3) is 0 Å². The number of likely N-dealkylation sites (tertiary alicyclic amines) is 1. The summed E-state index contributed by atoms with van der Waals surface area (Å²) in [7, 11) is 1.93. The van der Waals surface area contributed by atoms with E-state index in [0.29, 0.717) is 6.54 Å². The van der Waals surface area contributed by atoms with Gasteiger partial charge in [0, 0.05) is 31.6 Å². The third kappa shape index (κ3) is 5.12. The zero-order valence-electron chi connectivity index (χ0n) is 15.7. The fourth-order valence-corrected chi connectivity index (χ4v) is 4.04. The molecule has 1 amide bonds. The van der Waals surface area contributed by atoms with Crippen molar-refractivity contribution in [3.05, 3.63) is 65.7 Å². The molecule has 1 aliphatic heterocycles. The van der Waals surface area contributed by atoms with Crippen molar-refractivity contribution in [3.8, 4) is 0 Å². The van der Waals surface area contributed by atoms with Crippen LogP contribution >= 0.6 is 11.8 Å². The molecule has 0 saturated carbocycles. The Morgan fingerprint density at radius 3 is 2.54 bits per heavy atom. The molecule has 1 saturated heterocycles. The highest BCUT2D eigenvalue weighted by Gasteiger charge is 2.27. The Bertz CT molecular complexity index is 702. The molecule has 0 aromatic heterocycles. The van der Waals surface area contributed by atoms with Crippen LogP contribution in [0.15, 0.2) is 59.5 Å². The van der Waals surface area contributed by atoms with Crippen LogP contribution in [0.5, 0.6) is 0 Å². The number of amides is 1. The zero-order valence-corrected chi connectivity index (χ0v) is 16.5. The van der Waals surface area contributed by atoms with Gasteiger partial charge in [0.05, 0.1) is 5.92 Å². The van der Waals surface area contributed by atoms with Gasteiger partial charge >= 0.3 is 0 Å². The van der Waals surface area contributed by atoms with Crippen LogP contribution in [0.4, 0.5) is 0 Å². The van der Waals surface area contributed by atoms with Crippen molar-refractivity contribution in [1.29, 1.82) is 0 Å². The normalized spacial score (nSPS) is 17.8. The topological polar surface area (TPSA) is 23.6 Å². The highest BCUT2D eigenvalue weighted by Crippen LogP contribution is 2.22. The van der Waals surface area contributed by atoms with E-state index in [2.05, 4.69) is 47.6 Å². The molecule has 1 heterocycles. The van der Waals surface area contributed by atoms with Gasteiger partial charge in [-0.25, -0.2) is 0 Å². The number of carbonyl (C=O) groups is 1. The molecular weight excluding hydrogens is 340 g/mol. The number of rotatable bonds is 6. The van der Waals surface area contributed by atoms with Crippen LogP contribution in [-0.2, 0) is 17.9 Å². The molecule has 26 heavy (non-hydrogen) atoms. The van der Waals surface area contributed by atoms with Crippen molar-refractivity contribution in [2.75, 3.05) is 26.4 Å². The quantitative estimate of drug-likeness (QED) is 0.711. The Morgan fingerprint density at radius 1 is 1.12 bits per heavy atom. The minimum atomic E-state index is 0.114. The van der Waals surface area contributed by atoms with Crippen LogP contribution in [-0.4, -0.2) is 42.1 Å².